The largest absolute Gasteiger partial charge is 0.389 e. The van der Waals surface area contributed by atoms with Crippen molar-refractivity contribution in [1.29, 1.82) is 0 Å². The fourth-order valence-electron chi connectivity index (χ4n) is 9.57. The summed E-state index contributed by atoms with van der Waals surface area (Å²) in [6, 6.07) is 0. The van der Waals surface area contributed by atoms with Crippen molar-refractivity contribution in [3.8, 4) is 0 Å². The van der Waals surface area contributed by atoms with Gasteiger partial charge in [-0.2, -0.15) is 0 Å². The van der Waals surface area contributed by atoms with Gasteiger partial charge in [0.2, 0.25) is 0 Å². The van der Waals surface area contributed by atoms with Crippen molar-refractivity contribution < 1.29 is 9.90 Å². The second-order valence-corrected chi connectivity index (χ2v) is 13.3. The molecule has 0 aromatic heterocycles. The van der Waals surface area contributed by atoms with Gasteiger partial charge >= 0.3 is 0 Å². The van der Waals surface area contributed by atoms with Crippen molar-refractivity contribution in [2.45, 2.75) is 111 Å². The highest BCUT2D eigenvalue weighted by Crippen LogP contribution is 2.72. The van der Waals surface area contributed by atoms with Crippen LogP contribution in [0.2, 0.25) is 0 Å². The topological polar surface area (TPSA) is 37.3 Å². The van der Waals surface area contributed by atoms with E-state index in [-0.39, 0.29) is 16.9 Å². The van der Waals surface area contributed by atoms with Crippen LogP contribution in [-0.2, 0) is 4.79 Å². The van der Waals surface area contributed by atoms with Crippen molar-refractivity contribution in [2.24, 2.45) is 51.8 Å². The molecule has 0 radical (unpaired) electrons. The summed E-state index contributed by atoms with van der Waals surface area (Å²) in [5.41, 5.74) is 1.74. The van der Waals surface area contributed by atoms with E-state index in [9.17, 15) is 9.90 Å². The van der Waals surface area contributed by atoms with Gasteiger partial charge in [0.1, 0.15) is 5.78 Å². The molecule has 5 aliphatic rings. The van der Waals surface area contributed by atoms with Crippen molar-refractivity contribution in [1.82, 2.24) is 0 Å². The zero-order valence-electron chi connectivity index (χ0n) is 20.8. The van der Waals surface area contributed by atoms with Crippen molar-refractivity contribution >= 4 is 5.78 Å². The van der Waals surface area contributed by atoms with Crippen molar-refractivity contribution in [3.63, 3.8) is 0 Å². The van der Waals surface area contributed by atoms with Crippen LogP contribution in [0.3, 0.4) is 0 Å². The maximum atomic E-state index is 12.8. The molecular formula is C29H46O2. The summed E-state index contributed by atoms with van der Waals surface area (Å²) in [7, 11) is 0. The highest BCUT2D eigenvalue weighted by atomic mass is 16.3. The van der Waals surface area contributed by atoms with Gasteiger partial charge in [-0.1, -0.05) is 65.5 Å². The number of carbonyl (C=O) groups excluding carboxylic acids is 1. The number of hydrogen-bond acceptors (Lipinski definition) is 2. The Labute approximate surface area is 190 Å². The molecule has 0 aliphatic heterocycles. The normalized spacial score (nSPS) is 46.4. The molecule has 0 unspecified atom stereocenters. The first-order chi connectivity index (χ1) is 14.6. The molecule has 0 bridgehead atoms. The molecule has 0 amide bonds. The van der Waals surface area contributed by atoms with E-state index in [1.807, 2.05) is 0 Å². The lowest BCUT2D eigenvalue weighted by molar-refractivity contribution is -0.131. The van der Waals surface area contributed by atoms with Crippen LogP contribution in [-0.4, -0.2) is 17.0 Å². The van der Waals surface area contributed by atoms with E-state index in [1.54, 1.807) is 0 Å². The molecule has 1 spiro atoms. The van der Waals surface area contributed by atoms with Gasteiger partial charge in [0.05, 0.1) is 11.5 Å². The number of ketones is 1. The molecule has 4 saturated carbocycles. The molecule has 5 aliphatic carbocycles. The summed E-state index contributed by atoms with van der Waals surface area (Å²) in [6.07, 6.45) is 15.1. The maximum absolute atomic E-state index is 12.8. The number of aliphatic hydroxyl groups excluding tert-OH is 1. The average molecular weight is 427 g/mol. The molecule has 4 fully saturated rings. The van der Waals surface area contributed by atoms with Crippen LogP contribution in [0.4, 0.5) is 0 Å². The van der Waals surface area contributed by atoms with Crippen LogP contribution in [0.15, 0.2) is 11.6 Å². The zero-order valence-corrected chi connectivity index (χ0v) is 20.8. The quantitative estimate of drug-likeness (QED) is 0.483. The lowest BCUT2D eigenvalue weighted by Gasteiger charge is -2.60. The van der Waals surface area contributed by atoms with Gasteiger partial charge in [-0.25, -0.2) is 0 Å². The zero-order chi connectivity index (χ0) is 22.2. The first-order valence-corrected chi connectivity index (χ1v) is 13.6. The molecule has 174 valence electrons. The van der Waals surface area contributed by atoms with Gasteiger partial charge in [0.15, 0.2) is 0 Å². The Morgan fingerprint density at radius 1 is 1.00 bits per heavy atom. The molecule has 5 rings (SSSR count). The van der Waals surface area contributed by atoms with Crippen LogP contribution in [0.1, 0.15) is 105 Å². The van der Waals surface area contributed by atoms with Crippen LogP contribution < -0.4 is 0 Å². The third-order valence-electron chi connectivity index (χ3n) is 11.4. The lowest BCUT2D eigenvalue weighted by Crippen LogP contribution is -2.56. The Bertz CT molecular complexity index is 761. The van der Waals surface area contributed by atoms with E-state index < -0.39 is 0 Å². The molecule has 2 nitrogen and oxygen atoms in total. The maximum Gasteiger partial charge on any atom is 0.143 e. The summed E-state index contributed by atoms with van der Waals surface area (Å²) < 4.78 is 0. The van der Waals surface area contributed by atoms with E-state index in [4.69, 9.17) is 0 Å². The average Bonchev–Trinajstić information content (AvgIpc) is 3.42. The van der Waals surface area contributed by atoms with Crippen molar-refractivity contribution in [2.75, 3.05) is 0 Å². The van der Waals surface area contributed by atoms with E-state index in [0.29, 0.717) is 29.0 Å². The molecule has 1 N–H and O–H groups in total. The monoisotopic (exact) mass is 426 g/mol. The fraction of sp³-hybridized carbons (Fsp3) is 0.897. The van der Waals surface area contributed by atoms with E-state index >= 15 is 0 Å². The minimum Gasteiger partial charge on any atom is -0.389 e. The number of carbonyl (C=O) groups is 1. The van der Waals surface area contributed by atoms with Crippen LogP contribution in [0.5, 0.6) is 0 Å². The Kier molecular flexibility index (Phi) is 5.32. The Morgan fingerprint density at radius 3 is 2.42 bits per heavy atom. The third kappa shape index (κ3) is 3.17. The number of fused-ring (bicyclic) bond motifs is 6. The number of aliphatic hydroxyl groups is 1. The highest BCUT2D eigenvalue weighted by molar-refractivity contribution is 5.92. The van der Waals surface area contributed by atoms with E-state index in [2.05, 4.69) is 40.7 Å². The number of rotatable bonds is 5. The molecule has 31 heavy (non-hydrogen) atoms. The van der Waals surface area contributed by atoms with E-state index in [1.165, 1.54) is 50.5 Å². The molecule has 0 aromatic carbocycles. The summed E-state index contributed by atoms with van der Waals surface area (Å²) in [5.74, 6) is 4.53. The highest BCUT2D eigenvalue weighted by Gasteiger charge is 2.66. The third-order valence-corrected chi connectivity index (χ3v) is 11.4. The first-order valence-electron chi connectivity index (χ1n) is 13.6. The van der Waals surface area contributed by atoms with Gasteiger partial charge in [-0.05, 0) is 91.3 Å². The van der Waals surface area contributed by atoms with Gasteiger partial charge in [0.25, 0.3) is 0 Å². The second kappa shape index (κ2) is 7.44. The van der Waals surface area contributed by atoms with Gasteiger partial charge in [-0.3, -0.25) is 4.79 Å². The number of Topliss-reactive ketones (excluding diaryl/α,β-unsaturated/α-hetero) is 1. The van der Waals surface area contributed by atoms with Gasteiger partial charge in [-0.15, -0.1) is 0 Å². The van der Waals surface area contributed by atoms with Crippen LogP contribution in [0.25, 0.3) is 0 Å². The molecular weight excluding hydrogens is 380 g/mol. The smallest absolute Gasteiger partial charge is 0.143 e. The number of allylic oxidation sites excluding steroid dienone is 1. The molecule has 2 heteroatoms. The fourth-order valence-corrected chi connectivity index (χ4v) is 9.57. The molecule has 8 atom stereocenters. The first kappa shape index (κ1) is 22.2. The Morgan fingerprint density at radius 2 is 1.74 bits per heavy atom. The molecule has 0 saturated heterocycles. The SMILES string of the molecule is CC(C)CCC[C@@H](C)[C@H]1CC[C@H]2[C@@H]3[C@@H](O)C=C4C5(CC5)C(=O)CC[C@]4(C)[C@H]3CC[C@]12C. The van der Waals surface area contributed by atoms with Gasteiger partial charge < -0.3 is 5.11 Å². The Hall–Kier alpha value is -0.630. The van der Waals surface area contributed by atoms with Gasteiger partial charge in [0, 0.05) is 6.42 Å². The number of hydrogen-bond donors (Lipinski definition) is 1. The lowest BCUT2D eigenvalue weighted by atomic mass is 9.45. The molecule has 0 heterocycles. The minimum absolute atomic E-state index is 0.149. The van der Waals surface area contributed by atoms with E-state index in [0.717, 1.165) is 43.4 Å². The summed E-state index contributed by atoms with van der Waals surface area (Å²) in [5, 5.41) is 11.5. The molecule has 0 aromatic rings. The van der Waals surface area contributed by atoms with Crippen molar-refractivity contribution in [3.05, 3.63) is 11.6 Å². The Balaban J connectivity index is 1.40. The van der Waals surface area contributed by atoms with Crippen LogP contribution >= 0.6 is 0 Å². The second-order valence-electron chi connectivity index (χ2n) is 13.3. The summed E-state index contributed by atoms with van der Waals surface area (Å²) in [4.78, 5) is 12.8. The summed E-state index contributed by atoms with van der Waals surface area (Å²) in [6.45, 7) is 12.3. The predicted molar refractivity (Wildman–Crippen MR) is 126 cm³/mol. The standard InChI is InChI=1S/C29H46O2/c1-18(2)7-6-8-19(3)20-9-10-21-26-22(11-13-27(20,21)4)28(5)14-12-25(31)29(15-16-29)24(28)17-23(26)30/h17-23,26,30H,6-16H2,1-5H3/t19-,20-,21+,22+,23+,26+,27-,28-/m1/s1. The van der Waals surface area contributed by atoms with Crippen LogP contribution in [0, 0.1) is 51.8 Å². The predicted octanol–water partition coefficient (Wildman–Crippen LogP) is 6.96. The summed E-state index contributed by atoms with van der Waals surface area (Å²) >= 11 is 0. The minimum atomic E-state index is -0.337.